The standard InChI is InChI=1S/C35H33N3O7S/c1-4-45-35(42)24-16-18-26(19-17-24)36-31(39)22-46-28-14-9-13-27(21-28)37-34(41)29(38-33(40)23-10-6-5-7-11-23)20-25-12-8-15-30(43-2)32(25)44-3/h5-21H,4,22H2,1-3H3,(H,36,39)(H,37,41)(H,38,40)/b29-20+. The minimum atomic E-state index is -0.569. The summed E-state index contributed by atoms with van der Waals surface area (Å²) in [5.74, 6) is -0.738. The number of thioether (sulfide) groups is 1. The molecule has 0 spiro atoms. The van der Waals surface area contributed by atoms with Crippen LogP contribution in [-0.2, 0) is 14.3 Å². The van der Waals surface area contributed by atoms with E-state index < -0.39 is 17.8 Å². The quantitative estimate of drug-likeness (QED) is 0.0920. The van der Waals surface area contributed by atoms with Crippen molar-refractivity contribution in [3.8, 4) is 11.5 Å². The maximum atomic E-state index is 13.6. The van der Waals surface area contributed by atoms with Crippen LogP contribution in [0.4, 0.5) is 11.4 Å². The number of hydrogen-bond acceptors (Lipinski definition) is 8. The molecule has 4 aromatic carbocycles. The molecule has 0 atom stereocenters. The summed E-state index contributed by atoms with van der Waals surface area (Å²) >= 11 is 1.28. The average Bonchev–Trinajstić information content (AvgIpc) is 3.07. The summed E-state index contributed by atoms with van der Waals surface area (Å²) in [7, 11) is 3.00. The van der Waals surface area contributed by atoms with Gasteiger partial charge in [-0.05, 0) is 73.7 Å². The van der Waals surface area contributed by atoms with Crippen molar-refractivity contribution >= 4 is 52.9 Å². The van der Waals surface area contributed by atoms with Gasteiger partial charge in [-0.2, -0.15) is 0 Å². The van der Waals surface area contributed by atoms with Gasteiger partial charge in [-0.25, -0.2) is 4.79 Å². The van der Waals surface area contributed by atoms with Crippen LogP contribution in [0.2, 0.25) is 0 Å². The molecule has 0 unspecified atom stereocenters. The Morgan fingerprint density at radius 3 is 2.20 bits per heavy atom. The van der Waals surface area contributed by atoms with Crippen LogP contribution in [0.5, 0.6) is 11.5 Å². The second-order valence-electron chi connectivity index (χ2n) is 9.58. The van der Waals surface area contributed by atoms with Crippen molar-refractivity contribution in [1.82, 2.24) is 5.32 Å². The predicted molar refractivity (Wildman–Crippen MR) is 178 cm³/mol. The van der Waals surface area contributed by atoms with Crippen molar-refractivity contribution in [3.05, 3.63) is 119 Å². The number of methoxy groups -OCH3 is 2. The van der Waals surface area contributed by atoms with E-state index in [0.717, 1.165) is 4.90 Å². The van der Waals surface area contributed by atoms with Crippen LogP contribution >= 0.6 is 11.8 Å². The molecule has 0 aliphatic heterocycles. The topological polar surface area (TPSA) is 132 Å². The number of para-hydroxylation sites is 1. The number of ether oxygens (including phenoxy) is 3. The Bertz CT molecular complexity index is 1720. The zero-order chi connectivity index (χ0) is 32.9. The fraction of sp³-hybridized carbons (Fsp3) is 0.143. The van der Waals surface area contributed by atoms with E-state index >= 15 is 0 Å². The van der Waals surface area contributed by atoms with Gasteiger partial charge in [0.1, 0.15) is 5.70 Å². The van der Waals surface area contributed by atoms with Crippen LogP contribution in [0.25, 0.3) is 6.08 Å². The van der Waals surface area contributed by atoms with E-state index in [1.807, 2.05) is 6.07 Å². The molecule has 0 heterocycles. The van der Waals surface area contributed by atoms with Crippen molar-refractivity contribution < 1.29 is 33.4 Å². The Hall–Kier alpha value is -5.55. The summed E-state index contributed by atoms with van der Waals surface area (Å²) in [6.07, 6.45) is 1.51. The molecule has 10 nitrogen and oxygen atoms in total. The molecule has 46 heavy (non-hydrogen) atoms. The number of hydrogen-bond donors (Lipinski definition) is 3. The van der Waals surface area contributed by atoms with Crippen molar-refractivity contribution in [1.29, 1.82) is 0 Å². The van der Waals surface area contributed by atoms with Crippen LogP contribution in [0.15, 0.2) is 108 Å². The zero-order valence-electron chi connectivity index (χ0n) is 25.5. The van der Waals surface area contributed by atoms with E-state index in [9.17, 15) is 19.2 Å². The Kier molecular flexibility index (Phi) is 12.0. The maximum Gasteiger partial charge on any atom is 0.338 e. The highest BCUT2D eigenvalue weighted by molar-refractivity contribution is 8.00. The van der Waals surface area contributed by atoms with Gasteiger partial charge in [0.25, 0.3) is 11.8 Å². The lowest BCUT2D eigenvalue weighted by Crippen LogP contribution is -2.30. The largest absolute Gasteiger partial charge is 0.493 e. The molecule has 3 N–H and O–H groups in total. The lowest BCUT2D eigenvalue weighted by molar-refractivity contribution is -0.114. The fourth-order valence-electron chi connectivity index (χ4n) is 4.24. The summed E-state index contributed by atoms with van der Waals surface area (Å²) in [5, 5.41) is 8.34. The smallest absolute Gasteiger partial charge is 0.338 e. The summed E-state index contributed by atoms with van der Waals surface area (Å²) < 4.78 is 15.9. The number of anilines is 2. The molecule has 0 aliphatic rings. The van der Waals surface area contributed by atoms with Crippen molar-refractivity contribution in [2.75, 3.05) is 37.2 Å². The fourth-order valence-corrected chi connectivity index (χ4v) is 4.99. The van der Waals surface area contributed by atoms with Gasteiger partial charge in [-0.15, -0.1) is 11.8 Å². The molecule has 0 saturated heterocycles. The van der Waals surface area contributed by atoms with Gasteiger partial charge in [-0.3, -0.25) is 14.4 Å². The molecule has 4 aromatic rings. The molecule has 0 fully saturated rings. The molecule has 0 saturated carbocycles. The third-order valence-electron chi connectivity index (χ3n) is 6.40. The number of esters is 1. The number of amides is 3. The Morgan fingerprint density at radius 1 is 0.761 bits per heavy atom. The van der Waals surface area contributed by atoms with E-state index in [4.69, 9.17) is 14.2 Å². The van der Waals surface area contributed by atoms with Gasteiger partial charge >= 0.3 is 5.97 Å². The number of nitrogens with one attached hydrogen (secondary N) is 3. The lowest BCUT2D eigenvalue weighted by Gasteiger charge is -2.14. The molecule has 3 amide bonds. The second-order valence-corrected chi connectivity index (χ2v) is 10.6. The number of rotatable bonds is 13. The first-order valence-corrected chi connectivity index (χ1v) is 15.2. The molecule has 4 rings (SSSR count). The minimum absolute atomic E-state index is 0.0215. The molecular weight excluding hydrogens is 606 g/mol. The summed E-state index contributed by atoms with van der Waals surface area (Å²) in [5.41, 5.74) is 2.28. The van der Waals surface area contributed by atoms with Crippen LogP contribution < -0.4 is 25.4 Å². The van der Waals surface area contributed by atoms with Gasteiger partial charge in [-0.1, -0.05) is 36.4 Å². The Morgan fingerprint density at radius 2 is 1.50 bits per heavy atom. The molecular formula is C35H33N3O7S. The Labute approximate surface area is 271 Å². The first-order valence-electron chi connectivity index (χ1n) is 14.2. The number of benzene rings is 4. The molecule has 236 valence electrons. The Balaban J connectivity index is 1.46. The molecule has 0 radical (unpaired) electrons. The maximum absolute atomic E-state index is 13.6. The van der Waals surface area contributed by atoms with Gasteiger partial charge < -0.3 is 30.2 Å². The molecule has 0 aromatic heterocycles. The summed E-state index contributed by atoms with van der Waals surface area (Å²) in [4.78, 5) is 51.8. The summed E-state index contributed by atoms with van der Waals surface area (Å²) in [6, 6.07) is 27.2. The monoisotopic (exact) mass is 639 g/mol. The van der Waals surface area contributed by atoms with Gasteiger partial charge in [0.2, 0.25) is 5.91 Å². The van der Waals surface area contributed by atoms with E-state index in [1.54, 1.807) is 97.9 Å². The highest BCUT2D eigenvalue weighted by Gasteiger charge is 2.18. The third-order valence-corrected chi connectivity index (χ3v) is 7.40. The van der Waals surface area contributed by atoms with Crippen molar-refractivity contribution in [2.45, 2.75) is 11.8 Å². The predicted octanol–water partition coefficient (Wildman–Crippen LogP) is 6.02. The highest BCUT2D eigenvalue weighted by Crippen LogP contribution is 2.32. The van der Waals surface area contributed by atoms with Crippen LogP contribution in [0.1, 0.15) is 33.2 Å². The van der Waals surface area contributed by atoms with Crippen LogP contribution in [-0.4, -0.2) is 50.3 Å². The first kappa shape index (κ1) is 33.3. The van der Waals surface area contributed by atoms with Gasteiger partial charge in [0.05, 0.1) is 32.1 Å². The van der Waals surface area contributed by atoms with E-state index in [1.165, 1.54) is 32.1 Å². The second kappa shape index (κ2) is 16.5. The highest BCUT2D eigenvalue weighted by atomic mass is 32.2. The van der Waals surface area contributed by atoms with Crippen LogP contribution in [0.3, 0.4) is 0 Å². The van der Waals surface area contributed by atoms with Crippen LogP contribution in [0, 0.1) is 0 Å². The third kappa shape index (κ3) is 9.23. The van der Waals surface area contributed by atoms with Gasteiger partial charge in [0, 0.05) is 27.4 Å². The zero-order valence-corrected chi connectivity index (χ0v) is 26.3. The number of carbonyl (C=O) groups excluding carboxylic acids is 4. The normalized spacial score (nSPS) is 10.8. The van der Waals surface area contributed by atoms with Gasteiger partial charge in [0.15, 0.2) is 11.5 Å². The SMILES string of the molecule is CCOC(=O)c1ccc(NC(=O)CSc2cccc(NC(=O)/C(=C\c3cccc(OC)c3OC)NC(=O)c3ccccc3)c2)cc1. The first-order chi connectivity index (χ1) is 22.3. The minimum Gasteiger partial charge on any atom is -0.493 e. The lowest BCUT2D eigenvalue weighted by atomic mass is 10.1. The average molecular weight is 640 g/mol. The van der Waals surface area contributed by atoms with E-state index in [2.05, 4.69) is 16.0 Å². The van der Waals surface area contributed by atoms with E-state index in [0.29, 0.717) is 39.6 Å². The summed E-state index contributed by atoms with van der Waals surface area (Å²) in [6.45, 7) is 2.01. The molecule has 0 bridgehead atoms. The molecule has 11 heteroatoms. The van der Waals surface area contributed by atoms with E-state index in [-0.39, 0.29) is 24.0 Å². The van der Waals surface area contributed by atoms with Crippen molar-refractivity contribution in [2.24, 2.45) is 0 Å². The molecule has 0 aliphatic carbocycles. The van der Waals surface area contributed by atoms with Crippen molar-refractivity contribution in [3.63, 3.8) is 0 Å². The number of carbonyl (C=O) groups is 4.